The molecule has 0 saturated heterocycles. The predicted octanol–water partition coefficient (Wildman–Crippen LogP) is 4.25. The van der Waals surface area contributed by atoms with Gasteiger partial charge in [0.05, 0.1) is 26.4 Å². The Hall–Kier alpha value is -0.160. The first-order valence-electron chi connectivity index (χ1n) is 10.8. The van der Waals surface area contributed by atoms with Crippen LogP contribution in [-0.2, 0) is 9.47 Å². The first-order valence-corrected chi connectivity index (χ1v) is 10.8. The number of hydrogen-bond acceptors (Lipinski definition) is 4. The average Bonchev–Trinajstić information content (AvgIpc) is 2.47. The minimum atomic E-state index is 0.700. The van der Waals surface area contributed by atoms with Crippen molar-refractivity contribution in [3.63, 3.8) is 0 Å². The standard InChI is InChI=1S/C22H48N2O2/c1-19(2)15-23(16-20(3)4)9-11-25-13-14-26-12-10-24(17-21(5)6)18-22(7)8/h19-22H,9-18H2,1-8H3. The van der Waals surface area contributed by atoms with Gasteiger partial charge in [0.25, 0.3) is 0 Å². The molecule has 0 aromatic carbocycles. The number of ether oxygens (including phenoxy) is 2. The van der Waals surface area contributed by atoms with Gasteiger partial charge in [0.1, 0.15) is 0 Å². The Morgan fingerprint density at radius 2 is 0.731 bits per heavy atom. The fraction of sp³-hybridized carbons (Fsp3) is 1.00. The molecule has 0 aliphatic carbocycles. The second kappa shape index (κ2) is 15.9. The molecule has 0 bridgehead atoms. The fourth-order valence-electron chi connectivity index (χ4n) is 3.29. The molecule has 26 heavy (non-hydrogen) atoms. The van der Waals surface area contributed by atoms with Gasteiger partial charge in [-0.15, -0.1) is 0 Å². The van der Waals surface area contributed by atoms with Crippen LogP contribution in [0.25, 0.3) is 0 Å². The molecule has 0 N–H and O–H groups in total. The molecule has 0 unspecified atom stereocenters. The second-order valence-electron chi connectivity index (χ2n) is 9.32. The molecule has 0 heterocycles. The highest BCUT2D eigenvalue weighted by molar-refractivity contribution is 4.63. The van der Waals surface area contributed by atoms with E-state index >= 15 is 0 Å². The van der Waals surface area contributed by atoms with Gasteiger partial charge in [-0.2, -0.15) is 0 Å². The Kier molecular flexibility index (Phi) is 15.8. The zero-order valence-corrected chi connectivity index (χ0v) is 19.1. The lowest BCUT2D eigenvalue weighted by molar-refractivity contribution is 0.0274. The van der Waals surface area contributed by atoms with Crippen LogP contribution in [0.15, 0.2) is 0 Å². The minimum absolute atomic E-state index is 0.700. The van der Waals surface area contributed by atoms with E-state index in [1.54, 1.807) is 0 Å². The second-order valence-corrected chi connectivity index (χ2v) is 9.32. The summed E-state index contributed by atoms with van der Waals surface area (Å²) < 4.78 is 11.6. The lowest BCUT2D eigenvalue weighted by Gasteiger charge is -2.26. The molecule has 0 rings (SSSR count). The normalized spacial score (nSPS) is 12.7. The maximum Gasteiger partial charge on any atom is 0.0701 e. The summed E-state index contributed by atoms with van der Waals surface area (Å²) in [6.45, 7) is 27.9. The van der Waals surface area contributed by atoms with Gasteiger partial charge in [-0.1, -0.05) is 55.4 Å². The van der Waals surface area contributed by atoms with Crippen LogP contribution in [0.4, 0.5) is 0 Å². The van der Waals surface area contributed by atoms with E-state index in [1.165, 1.54) is 0 Å². The summed E-state index contributed by atoms with van der Waals surface area (Å²) in [4.78, 5) is 5.04. The molecule has 0 aliphatic rings. The van der Waals surface area contributed by atoms with Crippen molar-refractivity contribution in [1.29, 1.82) is 0 Å². The molecule has 4 nitrogen and oxygen atoms in total. The Bertz CT molecular complexity index is 257. The Morgan fingerprint density at radius 1 is 0.462 bits per heavy atom. The smallest absolute Gasteiger partial charge is 0.0701 e. The van der Waals surface area contributed by atoms with Crippen molar-refractivity contribution in [2.75, 3.05) is 65.7 Å². The average molecular weight is 373 g/mol. The zero-order valence-electron chi connectivity index (χ0n) is 19.1. The summed E-state index contributed by atoms with van der Waals surface area (Å²) in [7, 11) is 0. The van der Waals surface area contributed by atoms with Gasteiger partial charge in [-0.3, -0.25) is 0 Å². The maximum absolute atomic E-state index is 5.78. The van der Waals surface area contributed by atoms with Crippen molar-refractivity contribution in [2.45, 2.75) is 55.4 Å². The van der Waals surface area contributed by atoms with Crippen LogP contribution in [0.2, 0.25) is 0 Å². The van der Waals surface area contributed by atoms with Crippen molar-refractivity contribution < 1.29 is 9.47 Å². The third-order valence-electron chi connectivity index (χ3n) is 3.97. The van der Waals surface area contributed by atoms with E-state index < -0.39 is 0 Å². The van der Waals surface area contributed by atoms with Crippen LogP contribution in [-0.4, -0.2) is 75.5 Å². The topological polar surface area (TPSA) is 24.9 Å². The van der Waals surface area contributed by atoms with Gasteiger partial charge in [-0.05, 0) is 23.7 Å². The summed E-state index contributed by atoms with van der Waals surface area (Å²) in [5.74, 6) is 2.82. The lowest BCUT2D eigenvalue weighted by atomic mass is 10.1. The van der Waals surface area contributed by atoms with E-state index in [-0.39, 0.29) is 0 Å². The minimum Gasteiger partial charge on any atom is -0.378 e. The Morgan fingerprint density at radius 3 is 0.962 bits per heavy atom. The third-order valence-corrected chi connectivity index (χ3v) is 3.97. The van der Waals surface area contributed by atoms with Gasteiger partial charge in [0.2, 0.25) is 0 Å². The first-order chi connectivity index (χ1) is 12.2. The lowest BCUT2D eigenvalue weighted by Crippen LogP contribution is -2.35. The monoisotopic (exact) mass is 372 g/mol. The van der Waals surface area contributed by atoms with E-state index in [9.17, 15) is 0 Å². The van der Waals surface area contributed by atoms with Crippen molar-refractivity contribution in [3.05, 3.63) is 0 Å². The molecule has 0 atom stereocenters. The molecule has 0 aromatic heterocycles. The summed E-state index contributed by atoms with van der Waals surface area (Å²) in [5, 5.41) is 0. The predicted molar refractivity (Wildman–Crippen MR) is 114 cm³/mol. The van der Waals surface area contributed by atoms with E-state index in [0.717, 1.165) is 52.5 Å². The highest BCUT2D eigenvalue weighted by Crippen LogP contribution is 2.04. The van der Waals surface area contributed by atoms with Gasteiger partial charge < -0.3 is 19.3 Å². The molecule has 0 aliphatic heterocycles. The summed E-state index contributed by atoms with van der Waals surface area (Å²) in [5.41, 5.74) is 0. The number of rotatable bonds is 17. The fourth-order valence-corrected chi connectivity index (χ4v) is 3.29. The number of nitrogens with zero attached hydrogens (tertiary/aromatic N) is 2. The quantitative estimate of drug-likeness (QED) is 0.356. The molecule has 0 aromatic rings. The highest BCUT2D eigenvalue weighted by atomic mass is 16.5. The van der Waals surface area contributed by atoms with Crippen LogP contribution in [0.1, 0.15) is 55.4 Å². The Labute approximate surface area is 164 Å². The van der Waals surface area contributed by atoms with E-state index in [4.69, 9.17) is 9.47 Å². The first kappa shape index (κ1) is 25.8. The number of hydrogen-bond donors (Lipinski definition) is 0. The molecular formula is C22H48N2O2. The molecular weight excluding hydrogens is 324 g/mol. The SMILES string of the molecule is CC(C)CN(CCOCCOCCN(CC(C)C)CC(C)C)CC(C)C. The molecule has 0 saturated carbocycles. The molecule has 0 radical (unpaired) electrons. The highest BCUT2D eigenvalue weighted by Gasteiger charge is 2.10. The molecule has 0 spiro atoms. The van der Waals surface area contributed by atoms with E-state index in [2.05, 4.69) is 65.2 Å². The zero-order chi connectivity index (χ0) is 19.9. The van der Waals surface area contributed by atoms with Crippen LogP contribution in [0.3, 0.4) is 0 Å². The third kappa shape index (κ3) is 17.3. The van der Waals surface area contributed by atoms with Gasteiger partial charge in [-0.25, -0.2) is 0 Å². The van der Waals surface area contributed by atoms with Gasteiger partial charge in [0.15, 0.2) is 0 Å². The van der Waals surface area contributed by atoms with Crippen molar-refractivity contribution in [1.82, 2.24) is 9.80 Å². The van der Waals surface area contributed by atoms with Crippen LogP contribution in [0.5, 0.6) is 0 Å². The van der Waals surface area contributed by atoms with Crippen molar-refractivity contribution in [3.8, 4) is 0 Å². The summed E-state index contributed by atoms with van der Waals surface area (Å²) >= 11 is 0. The Balaban J connectivity index is 3.77. The van der Waals surface area contributed by atoms with Crippen LogP contribution < -0.4 is 0 Å². The largest absolute Gasteiger partial charge is 0.378 e. The van der Waals surface area contributed by atoms with Crippen LogP contribution >= 0.6 is 0 Å². The molecule has 158 valence electrons. The molecule has 0 fully saturated rings. The van der Waals surface area contributed by atoms with Crippen molar-refractivity contribution >= 4 is 0 Å². The van der Waals surface area contributed by atoms with Gasteiger partial charge in [0, 0.05) is 39.3 Å². The van der Waals surface area contributed by atoms with Crippen molar-refractivity contribution in [2.24, 2.45) is 23.7 Å². The summed E-state index contributed by atoms with van der Waals surface area (Å²) in [6, 6.07) is 0. The van der Waals surface area contributed by atoms with Crippen LogP contribution in [0, 0.1) is 23.7 Å². The molecule has 4 heteroatoms. The molecule has 0 amide bonds. The maximum atomic E-state index is 5.78. The van der Waals surface area contributed by atoms with Gasteiger partial charge >= 0.3 is 0 Å². The van der Waals surface area contributed by atoms with E-state index in [1.807, 2.05) is 0 Å². The summed E-state index contributed by atoms with van der Waals surface area (Å²) in [6.07, 6.45) is 0. The van der Waals surface area contributed by atoms with E-state index in [0.29, 0.717) is 36.9 Å².